The van der Waals surface area contributed by atoms with E-state index < -0.39 is 0 Å². The number of carbonyl (C=O) groups is 1. The quantitative estimate of drug-likeness (QED) is 0.850. The second kappa shape index (κ2) is 5.48. The molecule has 1 heterocycles. The Bertz CT molecular complexity index is 681. The highest BCUT2D eigenvalue weighted by Gasteiger charge is 2.24. The lowest BCUT2D eigenvalue weighted by Gasteiger charge is -2.30. The smallest absolute Gasteiger partial charge is 0.258 e. The molecule has 0 atom stereocenters. The molecule has 1 amide bonds. The van der Waals surface area contributed by atoms with Gasteiger partial charge in [-0.1, -0.05) is 12.1 Å². The Morgan fingerprint density at radius 2 is 2.10 bits per heavy atom. The molecule has 4 nitrogen and oxygen atoms in total. The number of amides is 1. The van der Waals surface area contributed by atoms with Crippen molar-refractivity contribution >= 4 is 11.6 Å². The minimum absolute atomic E-state index is 0.0379. The number of carbonyl (C=O) groups excluding carboxylic acids is 1. The Kier molecular flexibility index (Phi) is 3.52. The van der Waals surface area contributed by atoms with E-state index in [2.05, 4.69) is 0 Å². The van der Waals surface area contributed by atoms with Gasteiger partial charge in [-0.25, -0.2) is 0 Å². The number of nitrogens with zero attached hydrogens (tertiary/aromatic N) is 1. The zero-order chi connectivity index (χ0) is 14.8. The molecule has 0 saturated carbocycles. The molecule has 0 unspecified atom stereocenters. The van der Waals surface area contributed by atoms with Gasteiger partial charge in [0, 0.05) is 5.56 Å². The second-order valence-corrected chi connectivity index (χ2v) is 5.01. The fourth-order valence-corrected chi connectivity index (χ4v) is 2.45. The third kappa shape index (κ3) is 2.57. The minimum Gasteiger partial charge on any atom is -0.497 e. The van der Waals surface area contributed by atoms with E-state index in [1.165, 1.54) is 0 Å². The molecule has 0 radical (unpaired) electrons. The van der Waals surface area contributed by atoms with Crippen molar-refractivity contribution in [3.63, 3.8) is 0 Å². The maximum absolute atomic E-state index is 12.8. The molecule has 2 aromatic carbocycles. The molecular formula is C17H17NO3. The number of anilines is 1. The Morgan fingerprint density at radius 1 is 1.24 bits per heavy atom. The van der Waals surface area contributed by atoms with E-state index in [0.29, 0.717) is 24.5 Å². The van der Waals surface area contributed by atoms with Gasteiger partial charge in [0.2, 0.25) is 0 Å². The molecule has 2 aromatic rings. The van der Waals surface area contributed by atoms with Gasteiger partial charge in [0.1, 0.15) is 18.1 Å². The average molecular weight is 283 g/mol. The van der Waals surface area contributed by atoms with Crippen LogP contribution in [0.1, 0.15) is 15.9 Å². The molecule has 0 spiro atoms. The van der Waals surface area contributed by atoms with Gasteiger partial charge in [-0.3, -0.25) is 4.79 Å². The molecule has 0 aliphatic carbocycles. The minimum atomic E-state index is -0.0379. The molecule has 108 valence electrons. The van der Waals surface area contributed by atoms with Crippen molar-refractivity contribution < 1.29 is 14.3 Å². The van der Waals surface area contributed by atoms with E-state index in [4.69, 9.17) is 9.47 Å². The van der Waals surface area contributed by atoms with E-state index >= 15 is 0 Å². The van der Waals surface area contributed by atoms with Crippen molar-refractivity contribution in [3.05, 3.63) is 53.6 Å². The van der Waals surface area contributed by atoms with Crippen molar-refractivity contribution in [2.45, 2.75) is 6.92 Å². The number of hydrogen-bond donors (Lipinski definition) is 0. The summed E-state index contributed by atoms with van der Waals surface area (Å²) < 4.78 is 10.8. The van der Waals surface area contributed by atoms with Crippen LogP contribution < -0.4 is 14.4 Å². The molecule has 3 rings (SSSR count). The summed E-state index contributed by atoms with van der Waals surface area (Å²) in [5.41, 5.74) is 2.54. The summed E-state index contributed by atoms with van der Waals surface area (Å²) in [6.07, 6.45) is 0. The van der Waals surface area contributed by atoms with Crippen LogP contribution in [0, 0.1) is 6.92 Å². The first-order chi connectivity index (χ1) is 10.2. The van der Waals surface area contributed by atoms with Gasteiger partial charge in [0.25, 0.3) is 5.91 Å². The molecule has 0 saturated heterocycles. The van der Waals surface area contributed by atoms with E-state index in [1.54, 1.807) is 24.1 Å². The van der Waals surface area contributed by atoms with Crippen molar-refractivity contribution in [3.8, 4) is 11.5 Å². The second-order valence-electron chi connectivity index (χ2n) is 5.01. The number of fused-ring (bicyclic) bond motifs is 1. The molecule has 1 aliphatic heterocycles. The molecular weight excluding hydrogens is 266 g/mol. The lowest BCUT2D eigenvalue weighted by atomic mass is 10.1. The standard InChI is InChI=1S/C17H17NO3/c1-12-6-7-16-15(10-12)18(8-9-21-16)17(19)13-4-3-5-14(11-13)20-2/h3-7,10-11H,8-9H2,1-2H3. The summed E-state index contributed by atoms with van der Waals surface area (Å²) in [6, 6.07) is 13.1. The number of hydrogen-bond acceptors (Lipinski definition) is 3. The monoisotopic (exact) mass is 283 g/mol. The highest BCUT2D eigenvalue weighted by Crippen LogP contribution is 2.33. The zero-order valence-corrected chi connectivity index (χ0v) is 12.1. The maximum Gasteiger partial charge on any atom is 0.258 e. The molecule has 0 fully saturated rings. The zero-order valence-electron chi connectivity index (χ0n) is 12.1. The first-order valence-electron chi connectivity index (χ1n) is 6.88. The van der Waals surface area contributed by atoms with Crippen LogP contribution in [-0.4, -0.2) is 26.2 Å². The average Bonchev–Trinajstić information content (AvgIpc) is 2.53. The predicted molar refractivity (Wildman–Crippen MR) is 81.3 cm³/mol. The van der Waals surface area contributed by atoms with E-state index in [1.807, 2.05) is 37.3 Å². The van der Waals surface area contributed by atoms with Crippen LogP contribution in [0.4, 0.5) is 5.69 Å². The molecule has 4 heteroatoms. The Balaban J connectivity index is 1.97. The number of aryl methyl sites for hydroxylation is 1. The summed E-state index contributed by atoms with van der Waals surface area (Å²) in [7, 11) is 1.59. The van der Waals surface area contributed by atoms with Crippen LogP contribution in [0.5, 0.6) is 11.5 Å². The summed E-state index contributed by atoms with van der Waals surface area (Å²) in [6.45, 7) is 3.06. The molecule has 1 aliphatic rings. The lowest BCUT2D eigenvalue weighted by molar-refractivity contribution is 0.0976. The van der Waals surface area contributed by atoms with Gasteiger partial charge >= 0.3 is 0 Å². The van der Waals surface area contributed by atoms with Gasteiger partial charge in [-0.05, 0) is 42.8 Å². The Morgan fingerprint density at radius 3 is 2.90 bits per heavy atom. The Labute approximate surface area is 123 Å². The topological polar surface area (TPSA) is 38.8 Å². The molecule has 0 bridgehead atoms. The number of ether oxygens (including phenoxy) is 2. The first kappa shape index (κ1) is 13.5. The SMILES string of the molecule is COc1cccc(C(=O)N2CCOc3ccc(C)cc32)c1. The third-order valence-electron chi connectivity index (χ3n) is 3.54. The van der Waals surface area contributed by atoms with Crippen LogP contribution in [0.2, 0.25) is 0 Å². The number of methoxy groups -OCH3 is 1. The summed E-state index contributed by atoms with van der Waals surface area (Å²) in [5.74, 6) is 1.39. The fraction of sp³-hybridized carbons (Fsp3) is 0.235. The van der Waals surface area contributed by atoms with Crippen LogP contribution in [0.3, 0.4) is 0 Å². The third-order valence-corrected chi connectivity index (χ3v) is 3.54. The summed E-state index contributed by atoms with van der Waals surface area (Å²) >= 11 is 0. The molecule has 21 heavy (non-hydrogen) atoms. The molecule has 0 aromatic heterocycles. The highest BCUT2D eigenvalue weighted by atomic mass is 16.5. The normalized spacial score (nSPS) is 13.3. The van der Waals surface area contributed by atoms with Crippen LogP contribution in [-0.2, 0) is 0 Å². The van der Waals surface area contributed by atoms with E-state index in [9.17, 15) is 4.79 Å². The van der Waals surface area contributed by atoms with Gasteiger partial charge < -0.3 is 14.4 Å². The van der Waals surface area contributed by atoms with Crippen molar-refractivity contribution in [1.82, 2.24) is 0 Å². The highest BCUT2D eigenvalue weighted by molar-refractivity contribution is 6.07. The largest absolute Gasteiger partial charge is 0.497 e. The summed E-state index contributed by atoms with van der Waals surface area (Å²) in [5, 5.41) is 0. The van der Waals surface area contributed by atoms with E-state index in [0.717, 1.165) is 17.0 Å². The van der Waals surface area contributed by atoms with Crippen LogP contribution in [0.25, 0.3) is 0 Å². The first-order valence-corrected chi connectivity index (χ1v) is 6.88. The van der Waals surface area contributed by atoms with E-state index in [-0.39, 0.29) is 5.91 Å². The summed E-state index contributed by atoms with van der Waals surface area (Å²) in [4.78, 5) is 14.5. The van der Waals surface area contributed by atoms with Gasteiger partial charge in [0.15, 0.2) is 0 Å². The number of rotatable bonds is 2. The van der Waals surface area contributed by atoms with Crippen LogP contribution >= 0.6 is 0 Å². The van der Waals surface area contributed by atoms with Crippen molar-refractivity contribution in [1.29, 1.82) is 0 Å². The van der Waals surface area contributed by atoms with Gasteiger partial charge in [-0.15, -0.1) is 0 Å². The molecule has 0 N–H and O–H groups in total. The lowest BCUT2D eigenvalue weighted by Crippen LogP contribution is -2.38. The van der Waals surface area contributed by atoms with Gasteiger partial charge in [0.05, 0.1) is 19.3 Å². The van der Waals surface area contributed by atoms with Crippen LogP contribution in [0.15, 0.2) is 42.5 Å². The van der Waals surface area contributed by atoms with Gasteiger partial charge in [-0.2, -0.15) is 0 Å². The predicted octanol–water partition coefficient (Wildman–Crippen LogP) is 3.04. The Hall–Kier alpha value is -2.49. The van der Waals surface area contributed by atoms with Crippen molar-refractivity contribution in [2.75, 3.05) is 25.2 Å². The van der Waals surface area contributed by atoms with Crippen molar-refractivity contribution in [2.24, 2.45) is 0 Å². The fourth-order valence-electron chi connectivity index (χ4n) is 2.45. The maximum atomic E-state index is 12.8. The number of benzene rings is 2.